The van der Waals surface area contributed by atoms with E-state index in [9.17, 15) is 0 Å². The Morgan fingerprint density at radius 2 is 2.30 bits per heavy atom. The van der Waals surface area contributed by atoms with Crippen molar-refractivity contribution in [3.05, 3.63) is 10.8 Å². The van der Waals surface area contributed by atoms with Gasteiger partial charge in [0, 0.05) is 7.05 Å². The Bertz CT molecular complexity index is 241. The molecule has 1 heterocycles. The van der Waals surface area contributed by atoms with Crippen LogP contribution in [0, 0.1) is 0 Å². The summed E-state index contributed by atoms with van der Waals surface area (Å²) >= 11 is 5.74. The molecular formula is C6H10ClN3. The monoisotopic (exact) mass is 159 g/mol. The Kier molecular flexibility index (Phi) is 1.85. The van der Waals surface area contributed by atoms with E-state index in [0.29, 0.717) is 11.1 Å². The number of anilines is 1. The highest BCUT2D eigenvalue weighted by molar-refractivity contribution is 6.30. The molecule has 0 saturated heterocycles. The summed E-state index contributed by atoms with van der Waals surface area (Å²) in [6, 6.07) is 0. The molecule has 0 unspecified atom stereocenters. The Hall–Kier alpha value is -0.700. The van der Waals surface area contributed by atoms with Crippen LogP contribution in [0.3, 0.4) is 0 Å². The van der Waals surface area contributed by atoms with Crippen molar-refractivity contribution < 1.29 is 0 Å². The predicted octanol–water partition coefficient (Wildman–Crippen LogP) is 1.22. The Morgan fingerprint density at radius 1 is 1.70 bits per heavy atom. The van der Waals surface area contributed by atoms with Crippen molar-refractivity contribution in [3.8, 4) is 0 Å². The number of aromatic nitrogens is 2. The summed E-state index contributed by atoms with van der Waals surface area (Å²) in [6.07, 6.45) is 0.861. The molecule has 0 saturated carbocycles. The highest BCUT2D eigenvalue weighted by Crippen LogP contribution is 2.16. The number of imidazole rings is 1. The molecule has 0 spiro atoms. The summed E-state index contributed by atoms with van der Waals surface area (Å²) in [6.45, 7) is 2.02. The van der Waals surface area contributed by atoms with Crippen LogP contribution in [0.4, 0.5) is 5.95 Å². The van der Waals surface area contributed by atoms with Crippen LogP contribution in [0.15, 0.2) is 0 Å². The van der Waals surface area contributed by atoms with Gasteiger partial charge in [0.05, 0.1) is 5.69 Å². The van der Waals surface area contributed by atoms with Crippen LogP contribution in [-0.2, 0) is 13.5 Å². The number of halogens is 1. The van der Waals surface area contributed by atoms with E-state index < -0.39 is 0 Å². The van der Waals surface area contributed by atoms with Gasteiger partial charge >= 0.3 is 0 Å². The summed E-state index contributed by atoms with van der Waals surface area (Å²) < 4.78 is 1.79. The molecule has 0 aromatic carbocycles. The van der Waals surface area contributed by atoms with E-state index in [2.05, 4.69) is 4.98 Å². The van der Waals surface area contributed by atoms with Gasteiger partial charge in [-0.05, 0) is 6.42 Å². The molecule has 0 atom stereocenters. The first-order valence-corrected chi connectivity index (χ1v) is 3.51. The van der Waals surface area contributed by atoms with Crippen molar-refractivity contribution in [2.75, 3.05) is 5.73 Å². The van der Waals surface area contributed by atoms with Gasteiger partial charge in [-0.1, -0.05) is 18.5 Å². The maximum atomic E-state index is 5.74. The summed E-state index contributed by atoms with van der Waals surface area (Å²) in [4.78, 5) is 3.89. The molecule has 0 radical (unpaired) electrons. The zero-order valence-corrected chi connectivity index (χ0v) is 6.81. The van der Waals surface area contributed by atoms with Crippen LogP contribution in [0.5, 0.6) is 0 Å². The third kappa shape index (κ3) is 0.968. The van der Waals surface area contributed by atoms with Crippen molar-refractivity contribution in [1.82, 2.24) is 9.55 Å². The van der Waals surface area contributed by atoms with E-state index in [-0.39, 0.29) is 0 Å². The van der Waals surface area contributed by atoms with Gasteiger partial charge in [-0.25, -0.2) is 4.98 Å². The molecule has 1 aromatic heterocycles. The predicted molar refractivity (Wildman–Crippen MR) is 42.0 cm³/mol. The first kappa shape index (κ1) is 7.41. The number of nitrogens with zero attached hydrogens (tertiary/aromatic N) is 2. The lowest BCUT2D eigenvalue weighted by Crippen LogP contribution is -1.99. The second-order valence-corrected chi connectivity index (χ2v) is 2.48. The van der Waals surface area contributed by atoms with Crippen molar-refractivity contribution >= 4 is 17.5 Å². The largest absolute Gasteiger partial charge is 0.369 e. The van der Waals surface area contributed by atoms with Crippen LogP contribution in [0.25, 0.3) is 0 Å². The fourth-order valence-corrected chi connectivity index (χ4v) is 1.25. The number of rotatable bonds is 1. The van der Waals surface area contributed by atoms with E-state index in [0.717, 1.165) is 12.1 Å². The molecular weight excluding hydrogens is 150 g/mol. The molecule has 56 valence electrons. The number of hydrogen-bond donors (Lipinski definition) is 1. The molecule has 0 bridgehead atoms. The number of nitrogen functional groups attached to an aromatic ring is 1. The fraction of sp³-hybridized carbons (Fsp3) is 0.500. The van der Waals surface area contributed by atoms with Crippen LogP contribution in [0.1, 0.15) is 12.6 Å². The van der Waals surface area contributed by atoms with E-state index in [4.69, 9.17) is 17.3 Å². The Balaban J connectivity index is 3.20. The van der Waals surface area contributed by atoms with Gasteiger partial charge in [0.15, 0.2) is 5.15 Å². The molecule has 0 fully saturated rings. The Morgan fingerprint density at radius 3 is 2.50 bits per heavy atom. The summed E-state index contributed by atoms with van der Waals surface area (Å²) in [7, 11) is 1.85. The van der Waals surface area contributed by atoms with Crippen molar-refractivity contribution in [2.45, 2.75) is 13.3 Å². The molecule has 1 rings (SSSR count). The van der Waals surface area contributed by atoms with Crippen LogP contribution < -0.4 is 5.73 Å². The van der Waals surface area contributed by atoms with Gasteiger partial charge < -0.3 is 10.3 Å². The quantitative estimate of drug-likeness (QED) is 0.670. The van der Waals surface area contributed by atoms with Gasteiger partial charge in [0.2, 0.25) is 5.95 Å². The van der Waals surface area contributed by atoms with Crippen LogP contribution >= 0.6 is 11.6 Å². The lowest BCUT2D eigenvalue weighted by molar-refractivity contribution is 0.845. The topological polar surface area (TPSA) is 43.8 Å². The molecule has 10 heavy (non-hydrogen) atoms. The first-order valence-electron chi connectivity index (χ1n) is 3.13. The molecule has 0 aliphatic rings. The van der Waals surface area contributed by atoms with Gasteiger partial charge in [-0.3, -0.25) is 0 Å². The summed E-state index contributed by atoms with van der Waals surface area (Å²) in [5, 5.41) is 0.516. The van der Waals surface area contributed by atoms with Crippen molar-refractivity contribution in [1.29, 1.82) is 0 Å². The van der Waals surface area contributed by atoms with E-state index in [1.807, 2.05) is 14.0 Å². The van der Waals surface area contributed by atoms with Gasteiger partial charge in [-0.2, -0.15) is 0 Å². The second kappa shape index (κ2) is 2.50. The minimum atomic E-state index is 0.474. The molecule has 0 aliphatic heterocycles. The van der Waals surface area contributed by atoms with Crippen LogP contribution in [-0.4, -0.2) is 9.55 Å². The highest BCUT2D eigenvalue weighted by atomic mass is 35.5. The standard InChI is InChI=1S/C6H10ClN3/c1-3-4-5(7)9-6(8)10(4)2/h3H2,1-2H3,(H2,8,9). The molecule has 0 amide bonds. The maximum Gasteiger partial charge on any atom is 0.201 e. The number of hydrogen-bond acceptors (Lipinski definition) is 2. The first-order chi connectivity index (χ1) is 4.66. The molecule has 2 N–H and O–H groups in total. The normalized spacial score (nSPS) is 10.3. The van der Waals surface area contributed by atoms with Crippen molar-refractivity contribution in [2.24, 2.45) is 7.05 Å². The zero-order chi connectivity index (χ0) is 7.72. The maximum absolute atomic E-state index is 5.74. The molecule has 4 heteroatoms. The van der Waals surface area contributed by atoms with Crippen LogP contribution in [0.2, 0.25) is 5.15 Å². The number of nitrogens with two attached hydrogens (primary N) is 1. The molecule has 1 aromatic rings. The van der Waals surface area contributed by atoms with Gasteiger partial charge in [-0.15, -0.1) is 0 Å². The minimum absolute atomic E-state index is 0.474. The van der Waals surface area contributed by atoms with Gasteiger partial charge in [0.25, 0.3) is 0 Å². The average molecular weight is 160 g/mol. The second-order valence-electron chi connectivity index (χ2n) is 2.12. The fourth-order valence-electron chi connectivity index (χ4n) is 0.900. The molecule has 0 aliphatic carbocycles. The third-order valence-corrected chi connectivity index (χ3v) is 1.84. The third-order valence-electron chi connectivity index (χ3n) is 1.53. The average Bonchev–Trinajstić information content (AvgIpc) is 2.09. The zero-order valence-electron chi connectivity index (χ0n) is 6.06. The molecule has 3 nitrogen and oxygen atoms in total. The minimum Gasteiger partial charge on any atom is -0.369 e. The van der Waals surface area contributed by atoms with Crippen molar-refractivity contribution in [3.63, 3.8) is 0 Å². The highest BCUT2D eigenvalue weighted by Gasteiger charge is 2.07. The smallest absolute Gasteiger partial charge is 0.201 e. The van der Waals surface area contributed by atoms with E-state index in [1.165, 1.54) is 0 Å². The van der Waals surface area contributed by atoms with Gasteiger partial charge in [0.1, 0.15) is 0 Å². The van der Waals surface area contributed by atoms with E-state index in [1.54, 1.807) is 4.57 Å². The SMILES string of the molecule is CCc1c(Cl)nc(N)n1C. The lowest BCUT2D eigenvalue weighted by atomic mass is 10.4. The lowest BCUT2D eigenvalue weighted by Gasteiger charge is -1.97. The summed E-state index contributed by atoms with van der Waals surface area (Å²) in [5.74, 6) is 0.474. The summed E-state index contributed by atoms with van der Waals surface area (Å²) in [5.41, 5.74) is 6.47. The van der Waals surface area contributed by atoms with E-state index >= 15 is 0 Å². The Labute approximate surface area is 64.8 Å².